The number of benzene rings is 1. The van der Waals surface area contributed by atoms with E-state index in [0.717, 1.165) is 10.5 Å². The van der Waals surface area contributed by atoms with Gasteiger partial charge in [0.2, 0.25) is 0 Å². The number of carboxylic acids is 1. The molecule has 5 heteroatoms. The van der Waals surface area contributed by atoms with Crippen molar-refractivity contribution >= 4 is 17.7 Å². The smallest absolute Gasteiger partial charge is 0.322 e. The van der Waals surface area contributed by atoms with Crippen molar-refractivity contribution in [1.82, 2.24) is 5.32 Å². The minimum atomic E-state index is -0.939. The topological polar surface area (TPSA) is 75.3 Å². The van der Waals surface area contributed by atoms with Crippen LogP contribution >= 0.6 is 11.8 Å². The zero-order chi connectivity index (χ0) is 13.7. The Kier molecular flexibility index (Phi) is 5.65. The lowest BCUT2D eigenvalue weighted by atomic mass is 10.0. The molecule has 0 saturated heterocycles. The standard InChI is InChI=1S/C13H20N2O2S/c1-8(2)18-10-6-4-9(5-7-10)11(14)12(15-3)13(16)17/h4-8,11-12,15H,14H2,1-3H3,(H,16,17). The second kappa shape index (κ2) is 6.78. The average Bonchev–Trinajstić information content (AvgIpc) is 2.29. The first-order chi connectivity index (χ1) is 8.45. The normalized spacial score (nSPS) is 14.5. The zero-order valence-corrected chi connectivity index (χ0v) is 11.7. The highest BCUT2D eigenvalue weighted by Gasteiger charge is 2.24. The quantitative estimate of drug-likeness (QED) is 0.687. The summed E-state index contributed by atoms with van der Waals surface area (Å²) in [6.45, 7) is 4.26. The van der Waals surface area contributed by atoms with Crippen molar-refractivity contribution in [3.63, 3.8) is 0 Å². The molecule has 1 aromatic rings. The van der Waals surface area contributed by atoms with E-state index in [9.17, 15) is 4.79 Å². The number of nitrogens with one attached hydrogen (secondary N) is 1. The van der Waals surface area contributed by atoms with Crippen LogP contribution in [0.5, 0.6) is 0 Å². The van der Waals surface area contributed by atoms with Crippen molar-refractivity contribution in [3.05, 3.63) is 29.8 Å². The van der Waals surface area contributed by atoms with Crippen molar-refractivity contribution in [1.29, 1.82) is 0 Å². The molecule has 0 aliphatic rings. The van der Waals surface area contributed by atoms with Gasteiger partial charge in [0.05, 0.1) is 6.04 Å². The molecule has 100 valence electrons. The lowest BCUT2D eigenvalue weighted by molar-refractivity contribution is -0.139. The van der Waals surface area contributed by atoms with Gasteiger partial charge in [0.1, 0.15) is 6.04 Å². The summed E-state index contributed by atoms with van der Waals surface area (Å²) < 4.78 is 0. The maximum absolute atomic E-state index is 11.0. The Bertz CT molecular complexity index is 392. The molecule has 1 rings (SSSR count). The fourth-order valence-corrected chi connectivity index (χ4v) is 2.53. The maximum atomic E-state index is 11.0. The van der Waals surface area contributed by atoms with E-state index in [-0.39, 0.29) is 0 Å². The lowest BCUT2D eigenvalue weighted by Gasteiger charge is -2.20. The van der Waals surface area contributed by atoms with E-state index in [2.05, 4.69) is 19.2 Å². The van der Waals surface area contributed by atoms with Gasteiger partial charge in [0, 0.05) is 10.1 Å². The molecule has 0 radical (unpaired) electrons. The predicted molar refractivity (Wildman–Crippen MR) is 74.8 cm³/mol. The molecular weight excluding hydrogens is 248 g/mol. The summed E-state index contributed by atoms with van der Waals surface area (Å²) in [5.74, 6) is -0.939. The number of rotatable bonds is 6. The number of nitrogens with two attached hydrogens (primary N) is 1. The van der Waals surface area contributed by atoms with E-state index >= 15 is 0 Å². The second-order valence-corrected chi connectivity index (χ2v) is 6.02. The Morgan fingerprint density at radius 1 is 1.33 bits per heavy atom. The van der Waals surface area contributed by atoms with Gasteiger partial charge >= 0.3 is 5.97 Å². The molecule has 4 N–H and O–H groups in total. The number of thioether (sulfide) groups is 1. The third kappa shape index (κ3) is 4.01. The molecule has 0 fully saturated rings. The fourth-order valence-electron chi connectivity index (χ4n) is 1.69. The van der Waals surface area contributed by atoms with Gasteiger partial charge < -0.3 is 16.2 Å². The monoisotopic (exact) mass is 268 g/mol. The number of carbonyl (C=O) groups is 1. The van der Waals surface area contributed by atoms with Gasteiger partial charge in [0.15, 0.2) is 0 Å². The van der Waals surface area contributed by atoms with Crippen molar-refractivity contribution in [3.8, 4) is 0 Å². The Balaban J connectivity index is 2.80. The van der Waals surface area contributed by atoms with Crippen LogP contribution in [0.3, 0.4) is 0 Å². The van der Waals surface area contributed by atoms with E-state index in [0.29, 0.717) is 5.25 Å². The number of aliphatic carboxylic acids is 1. The van der Waals surface area contributed by atoms with Crippen LogP contribution in [0.4, 0.5) is 0 Å². The molecular formula is C13H20N2O2S. The summed E-state index contributed by atoms with van der Waals surface area (Å²) in [4.78, 5) is 12.2. The SMILES string of the molecule is CNC(C(=O)O)C(N)c1ccc(SC(C)C)cc1. The summed E-state index contributed by atoms with van der Waals surface area (Å²) in [6.07, 6.45) is 0. The Hall–Kier alpha value is -1.04. The fraction of sp³-hybridized carbons (Fsp3) is 0.462. The third-order valence-corrected chi connectivity index (χ3v) is 3.59. The summed E-state index contributed by atoms with van der Waals surface area (Å²) in [6, 6.07) is 6.42. The highest BCUT2D eigenvalue weighted by atomic mass is 32.2. The molecule has 1 aromatic carbocycles. The van der Waals surface area contributed by atoms with Crippen molar-refractivity contribution in [2.24, 2.45) is 5.73 Å². The van der Waals surface area contributed by atoms with E-state index in [1.54, 1.807) is 18.8 Å². The Morgan fingerprint density at radius 2 is 1.89 bits per heavy atom. The van der Waals surface area contributed by atoms with Crippen molar-refractivity contribution in [2.75, 3.05) is 7.05 Å². The van der Waals surface area contributed by atoms with Crippen LogP contribution in [0.2, 0.25) is 0 Å². The maximum Gasteiger partial charge on any atom is 0.322 e. The highest BCUT2D eigenvalue weighted by molar-refractivity contribution is 7.99. The molecule has 18 heavy (non-hydrogen) atoms. The summed E-state index contributed by atoms with van der Waals surface area (Å²) in [5.41, 5.74) is 6.78. The van der Waals surface area contributed by atoms with Crippen LogP contribution < -0.4 is 11.1 Å². The molecule has 0 aliphatic carbocycles. The molecule has 0 bridgehead atoms. The Labute approximate surface area is 112 Å². The Morgan fingerprint density at radius 3 is 2.28 bits per heavy atom. The predicted octanol–water partition coefficient (Wildman–Crippen LogP) is 1.86. The van der Waals surface area contributed by atoms with E-state index in [1.807, 2.05) is 24.3 Å². The minimum absolute atomic E-state index is 0.522. The lowest BCUT2D eigenvalue weighted by Crippen LogP contribution is -2.43. The number of likely N-dealkylation sites (N-methyl/N-ethyl adjacent to an activating group) is 1. The van der Waals surface area contributed by atoms with E-state index in [1.165, 1.54) is 0 Å². The van der Waals surface area contributed by atoms with Gasteiger partial charge in [-0.05, 0) is 24.7 Å². The molecule has 0 aliphatic heterocycles. The van der Waals surface area contributed by atoms with E-state index < -0.39 is 18.1 Å². The van der Waals surface area contributed by atoms with Gasteiger partial charge in [-0.3, -0.25) is 4.79 Å². The summed E-state index contributed by atoms with van der Waals surface area (Å²) in [7, 11) is 1.60. The van der Waals surface area contributed by atoms with Crippen LogP contribution in [-0.4, -0.2) is 29.4 Å². The minimum Gasteiger partial charge on any atom is -0.480 e. The molecule has 2 unspecified atom stereocenters. The van der Waals surface area contributed by atoms with Crippen LogP contribution in [0.15, 0.2) is 29.2 Å². The third-order valence-electron chi connectivity index (χ3n) is 2.57. The summed E-state index contributed by atoms with van der Waals surface area (Å²) >= 11 is 1.77. The first-order valence-electron chi connectivity index (χ1n) is 5.88. The molecule has 0 amide bonds. The van der Waals surface area contributed by atoms with Crippen molar-refractivity contribution in [2.45, 2.75) is 36.1 Å². The van der Waals surface area contributed by atoms with Gasteiger partial charge in [-0.15, -0.1) is 11.8 Å². The number of hydrogen-bond acceptors (Lipinski definition) is 4. The van der Waals surface area contributed by atoms with Gasteiger partial charge in [0.25, 0.3) is 0 Å². The molecule has 0 saturated carbocycles. The largest absolute Gasteiger partial charge is 0.480 e. The zero-order valence-electron chi connectivity index (χ0n) is 10.9. The molecule has 4 nitrogen and oxygen atoms in total. The average molecular weight is 268 g/mol. The number of carboxylic acid groups (broad SMARTS) is 1. The van der Waals surface area contributed by atoms with Gasteiger partial charge in [-0.2, -0.15) is 0 Å². The van der Waals surface area contributed by atoms with Gasteiger partial charge in [-0.1, -0.05) is 26.0 Å². The van der Waals surface area contributed by atoms with Crippen LogP contribution in [-0.2, 0) is 4.79 Å². The molecule has 0 aromatic heterocycles. The van der Waals surface area contributed by atoms with Gasteiger partial charge in [-0.25, -0.2) is 0 Å². The van der Waals surface area contributed by atoms with Crippen LogP contribution in [0.25, 0.3) is 0 Å². The molecule has 2 atom stereocenters. The summed E-state index contributed by atoms with van der Waals surface area (Å²) in [5, 5.41) is 12.3. The van der Waals surface area contributed by atoms with Crippen LogP contribution in [0.1, 0.15) is 25.5 Å². The highest BCUT2D eigenvalue weighted by Crippen LogP contribution is 2.24. The number of hydrogen-bond donors (Lipinski definition) is 3. The second-order valence-electron chi connectivity index (χ2n) is 4.37. The first kappa shape index (κ1) is 15.0. The van der Waals surface area contributed by atoms with E-state index in [4.69, 9.17) is 10.8 Å². The molecule has 0 heterocycles. The van der Waals surface area contributed by atoms with Crippen LogP contribution in [0, 0.1) is 0 Å². The first-order valence-corrected chi connectivity index (χ1v) is 6.76. The molecule has 0 spiro atoms. The van der Waals surface area contributed by atoms with Crippen molar-refractivity contribution < 1.29 is 9.90 Å².